The van der Waals surface area contributed by atoms with Crippen LogP contribution < -0.4 is 0 Å². The van der Waals surface area contributed by atoms with Crippen LogP contribution in [0.4, 0.5) is 0 Å². The molecule has 0 aromatic heterocycles. The number of aliphatic hydroxyl groups is 1. The molecule has 0 radical (unpaired) electrons. The number of hydrogen-bond acceptors (Lipinski definition) is 3. The van der Waals surface area contributed by atoms with E-state index in [1.165, 1.54) is 0 Å². The molecule has 0 fully saturated rings. The number of rotatable bonds is 6. The minimum absolute atomic E-state index is 0.355. The molecule has 1 unspecified atom stereocenters. The Labute approximate surface area is 86.6 Å². The van der Waals surface area contributed by atoms with E-state index >= 15 is 0 Å². The van der Waals surface area contributed by atoms with Gasteiger partial charge in [0.1, 0.15) is 0 Å². The van der Waals surface area contributed by atoms with Gasteiger partial charge in [0.15, 0.2) is 16.1 Å². The van der Waals surface area contributed by atoms with Crippen LogP contribution in [-0.2, 0) is 9.16 Å². The predicted molar refractivity (Wildman–Crippen MR) is 57.7 cm³/mol. The molecule has 0 amide bonds. The van der Waals surface area contributed by atoms with Gasteiger partial charge < -0.3 is 14.3 Å². The SMILES string of the molecule is C[SiH2]OCCOC(O)c1ccccc1. The van der Waals surface area contributed by atoms with Gasteiger partial charge in [0.25, 0.3) is 0 Å². The Morgan fingerprint density at radius 3 is 2.64 bits per heavy atom. The highest BCUT2D eigenvalue weighted by Crippen LogP contribution is 2.12. The van der Waals surface area contributed by atoms with Gasteiger partial charge in [-0.2, -0.15) is 0 Å². The fourth-order valence-corrected chi connectivity index (χ4v) is 1.48. The Morgan fingerprint density at radius 1 is 1.29 bits per heavy atom. The molecule has 78 valence electrons. The van der Waals surface area contributed by atoms with Crippen molar-refractivity contribution in [2.45, 2.75) is 12.8 Å². The summed E-state index contributed by atoms with van der Waals surface area (Å²) in [4.78, 5) is 0. The minimum Gasteiger partial charge on any atom is -0.422 e. The molecule has 14 heavy (non-hydrogen) atoms. The van der Waals surface area contributed by atoms with Crippen LogP contribution >= 0.6 is 0 Å². The summed E-state index contributed by atoms with van der Waals surface area (Å²) in [5.41, 5.74) is 0.779. The van der Waals surface area contributed by atoms with Crippen LogP contribution in [0.3, 0.4) is 0 Å². The van der Waals surface area contributed by atoms with Gasteiger partial charge in [0, 0.05) is 5.56 Å². The van der Waals surface area contributed by atoms with Crippen molar-refractivity contribution in [3.63, 3.8) is 0 Å². The van der Waals surface area contributed by atoms with Crippen LogP contribution in [0.1, 0.15) is 11.9 Å². The summed E-state index contributed by atoms with van der Waals surface area (Å²) < 4.78 is 10.4. The normalized spacial score (nSPS) is 13.6. The second kappa shape index (κ2) is 6.72. The monoisotopic (exact) mass is 212 g/mol. The Bertz CT molecular complexity index is 240. The second-order valence-electron chi connectivity index (χ2n) is 2.83. The van der Waals surface area contributed by atoms with Gasteiger partial charge in [-0.3, -0.25) is 0 Å². The van der Waals surface area contributed by atoms with Crippen LogP contribution in [0, 0.1) is 0 Å². The van der Waals surface area contributed by atoms with E-state index in [1.54, 1.807) is 0 Å². The first kappa shape index (κ1) is 11.4. The van der Waals surface area contributed by atoms with Crippen LogP contribution in [0.2, 0.25) is 6.55 Å². The zero-order valence-corrected chi connectivity index (χ0v) is 9.76. The predicted octanol–water partition coefficient (Wildman–Crippen LogP) is 0.843. The standard InChI is InChI=1S/C10H16O3Si/c1-14-13-8-7-12-10(11)9-5-3-2-4-6-9/h2-6,10-11H,7-8,14H2,1H3. The molecular formula is C10H16O3Si. The van der Waals surface area contributed by atoms with E-state index in [1.807, 2.05) is 30.3 Å². The Morgan fingerprint density at radius 2 is 2.00 bits per heavy atom. The molecule has 0 aliphatic rings. The highest BCUT2D eigenvalue weighted by atomic mass is 28.2. The number of hydrogen-bond donors (Lipinski definition) is 1. The minimum atomic E-state index is -0.835. The van der Waals surface area contributed by atoms with Crippen molar-refractivity contribution in [2.75, 3.05) is 13.2 Å². The maximum atomic E-state index is 9.55. The van der Waals surface area contributed by atoms with Crippen molar-refractivity contribution in [1.29, 1.82) is 0 Å². The Balaban J connectivity index is 2.25. The molecule has 1 aromatic carbocycles. The molecule has 0 heterocycles. The first-order valence-electron chi connectivity index (χ1n) is 4.77. The molecule has 0 spiro atoms. The topological polar surface area (TPSA) is 38.7 Å². The van der Waals surface area contributed by atoms with E-state index in [4.69, 9.17) is 9.16 Å². The molecule has 4 heteroatoms. The van der Waals surface area contributed by atoms with Crippen LogP contribution in [-0.4, -0.2) is 28.1 Å². The van der Waals surface area contributed by atoms with Gasteiger partial charge in [0.05, 0.1) is 13.2 Å². The molecule has 1 aromatic rings. The fraction of sp³-hybridized carbons (Fsp3) is 0.400. The van der Waals surface area contributed by atoms with E-state index in [0.29, 0.717) is 13.2 Å². The van der Waals surface area contributed by atoms with Gasteiger partial charge in [-0.25, -0.2) is 0 Å². The van der Waals surface area contributed by atoms with Crippen molar-refractivity contribution in [1.82, 2.24) is 0 Å². The highest BCUT2D eigenvalue weighted by molar-refractivity contribution is 6.24. The van der Waals surface area contributed by atoms with Crippen LogP contribution in [0.25, 0.3) is 0 Å². The summed E-state index contributed by atoms with van der Waals surface area (Å²) in [5.74, 6) is 0. The zero-order chi connectivity index (χ0) is 10.2. The average molecular weight is 212 g/mol. The van der Waals surface area contributed by atoms with E-state index in [9.17, 15) is 5.11 Å². The van der Waals surface area contributed by atoms with Gasteiger partial charge in [-0.05, 0) is 0 Å². The molecule has 0 saturated heterocycles. The van der Waals surface area contributed by atoms with Gasteiger partial charge >= 0.3 is 0 Å². The summed E-state index contributed by atoms with van der Waals surface area (Å²) in [5, 5.41) is 9.55. The van der Waals surface area contributed by atoms with Crippen LogP contribution in [0.15, 0.2) is 30.3 Å². The third-order valence-electron chi connectivity index (χ3n) is 1.79. The molecule has 0 aliphatic heterocycles. The summed E-state index contributed by atoms with van der Waals surface area (Å²) >= 11 is 0. The largest absolute Gasteiger partial charge is 0.422 e. The first-order chi connectivity index (χ1) is 6.84. The maximum Gasteiger partial charge on any atom is 0.181 e. The summed E-state index contributed by atoms with van der Waals surface area (Å²) in [6.07, 6.45) is -0.835. The Hall–Kier alpha value is -0.683. The van der Waals surface area contributed by atoms with Gasteiger partial charge in [-0.15, -0.1) is 0 Å². The van der Waals surface area contributed by atoms with Crippen molar-refractivity contribution in [2.24, 2.45) is 0 Å². The lowest BCUT2D eigenvalue weighted by molar-refractivity contribution is -0.108. The van der Waals surface area contributed by atoms with Gasteiger partial charge in [0.2, 0.25) is 0 Å². The third kappa shape index (κ3) is 4.02. The zero-order valence-electron chi connectivity index (χ0n) is 8.35. The molecule has 3 nitrogen and oxygen atoms in total. The molecule has 0 aliphatic carbocycles. The van der Waals surface area contributed by atoms with E-state index < -0.39 is 6.29 Å². The second-order valence-corrected chi connectivity index (χ2v) is 3.82. The molecule has 1 rings (SSSR count). The van der Waals surface area contributed by atoms with Crippen molar-refractivity contribution >= 4 is 9.76 Å². The van der Waals surface area contributed by atoms with E-state index in [2.05, 4.69) is 6.55 Å². The molecule has 1 atom stereocenters. The fourth-order valence-electron chi connectivity index (χ4n) is 1.08. The van der Waals surface area contributed by atoms with E-state index in [0.717, 1.165) is 5.56 Å². The maximum absolute atomic E-state index is 9.55. The lowest BCUT2D eigenvalue weighted by Crippen LogP contribution is -2.09. The molecular weight excluding hydrogens is 196 g/mol. The molecule has 0 bridgehead atoms. The Kier molecular flexibility index (Phi) is 5.47. The number of aliphatic hydroxyl groups excluding tert-OH is 1. The van der Waals surface area contributed by atoms with Crippen molar-refractivity contribution in [3.8, 4) is 0 Å². The summed E-state index contributed by atoms with van der Waals surface area (Å²) in [6.45, 7) is 3.08. The van der Waals surface area contributed by atoms with Gasteiger partial charge in [-0.1, -0.05) is 36.9 Å². The highest BCUT2D eigenvalue weighted by Gasteiger charge is 2.05. The van der Waals surface area contributed by atoms with Crippen LogP contribution in [0.5, 0.6) is 0 Å². The van der Waals surface area contributed by atoms with E-state index in [-0.39, 0.29) is 9.76 Å². The quantitative estimate of drug-likeness (QED) is 0.431. The van der Waals surface area contributed by atoms with Crippen molar-refractivity contribution < 1.29 is 14.3 Å². The summed E-state index contributed by atoms with van der Waals surface area (Å²) in [6, 6.07) is 9.32. The average Bonchev–Trinajstić information content (AvgIpc) is 2.25. The smallest absolute Gasteiger partial charge is 0.181 e. The lowest BCUT2D eigenvalue weighted by Gasteiger charge is -2.11. The summed E-state index contributed by atoms with van der Waals surface area (Å²) in [7, 11) is -0.355. The van der Waals surface area contributed by atoms with Crippen molar-refractivity contribution in [3.05, 3.63) is 35.9 Å². The molecule has 0 saturated carbocycles. The lowest BCUT2D eigenvalue weighted by atomic mass is 10.2. The number of benzene rings is 1. The first-order valence-corrected chi connectivity index (χ1v) is 6.76. The molecule has 1 N–H and O–H groups in total. The third-order valence-corrected chi connectivity index (χ3v) is 2.49. The number of ether oxygens (including phenoxy) is 1.